The normalized spacial score (nSPS) is 13.1. The van der Waals surface area contributed by atoms with Crippen molar-refractivity contribution >= 4 is 24.4 Å². The van der Waals surface area contributed by atoms with Gasteiger partial charge >= 0.3 is 0 Å². The molecule has 2 aromatic carbocycles. The largest absolute Gasteiger partial charge is 0.0775 e. The van der Waals surface area contributed by atoms with Crippen molar-refractivity contribution in [3.05, 3.63) is 65.7 Å². The van der Waals surface area contributed by atoms with Gasteiger partial charge in [-0.3, -0.25) is 0 Å². The number of rotatable bonds is 3. The molecular formula is C19H24Si. The van der Waals surface area contributed by atoms with E-state index >= 15 is 0 Å². The van der Waals surface area contributed by atoms with Gasteiger partial charge in [-0.1, -0.05) is 79.4 Å². The first-order valence-electron chi connectivity index (χ1n) is 7.23. The summed E-state index contributed by atoms with van der Waals surface area (Å²) in [5.74, 6) is 0. The van der Waals surface area contributed by atoms with Gasteiger partial charge in [0.15, 0.2) is 0 Å². The Labute approximate surface area is 124 Å². The predicted octanol–water partition coefficient (Wildman–Crippen LogP) is 5.18. The number of hydrogen-bond acceptors (Lipinski definition) is 0. The second kappa shape index (κ2) is 5.80. The third-order valence-electron chi connectivity index (χ3n) is 3.95. The quantitative estimate of drug-likeness (QED) is 0.536. The van der Waals surface area contributed by atoms with Gasteiger partial charge in [0.25, 0.3) is 0 Å². The maximum atomic E-state index is 2.39. The molecule has 0 bridgehead atoms. The van der Waals surface area contributed by atoms with Crippen LogP contribution < -0.4 is 5.19 Å². The van der Waals surface area contributed by atoms with Crippen molar-refractivity contribution in [1.82, 2.24) is 0 Å². The molecule has 0 aliphatic carbocycles. The predicted molar refractivity (Wildman–Crippen MR) is 94.0 cm³/mol. The van der Waals surface area contributed by atoms with Crippen molar-refractivity contribution in [3.8, 4) is 0 Å². The number of allylic oxidation sites excluding steroid dienone is 2. The zero-order valence-electron chi connectivity index (χ0n) is 13.2. The summed E-state index contributed by atoms with van der Waals surface area (Å²) in [5.41, 5.74) is 5.34. The van der Waals surface area contributed by atoms with E-state index in [0.717, 1.165) is 0 Å². The van der Waals surface area contributed by atoms with Crippen LogP contribution in [0.3, 0.4) is 0 Å². The Morgan fingerprint density at radius 1 is 0.650 bits per heavy atom. The van der Waals surface area contributed by atoms with Gasteiger partial charge in [-0.25, -0.2) is 0 Å². The van der Waals surface area contributed by atoms with Crippen LogP contribution in [0, 0.1) is 0 Å². The molecule has 0 atom stereocenters. The van der Waals surface area contributed by atoms with Gasteiger partial charge < -0.3 is 0 Å². The van der Waals surface area contributed by atoms with Crippen LogP contribution in [0.4, 0.5) is 0 Å². The van der Waals surface area contributed by atoms with E-state index in [0.29, 0.717) is 0 Å². The van der Waals surface area contributed by atoms with E-state index in [1.54, 1.807) is 0 Å². The maximum absolute atomic E-state index is 2.39. The second-order valence-corrected chi connectivity index (χ2v) is 11.5. The fraction of sp³-hybridized carbons (Fsp3) is 0.263. The molecule has 0 saturated heterocycles. The summed E-state index contributed by atoms with van der Waals surface area (Å²) >= 11 is 0. The molecule has 104 valence electrons. The minimum absolute atomic E-state index is 1.20. The van der Waals surface area contributed by atoms with Gasteiger partial charge in [0.05, 0.1) is 8.07 Å². The van der Waals surface area contributed by atoms with Crippen molar-refractivity contribution in [2.75, 3.05) is 0 Å². The molecule has 0 aromatic heterocycles. The summed E-state index contributed by atoms with van der Waals surface area (Å²) in [6.07, 6.45) is 0. The Bertz CT molecular complexity index is 598. The molecule has 2 rings (SSSR count). The van der Waals surface area contributed by atoms with Gasteiger partial charge in [-0.15, -0.1) is 0 Å². The van der Waals surface area contributed by atoms with E-state index in [-0.39, 0.29) is 0 Å². The smallest absolute Gasteiger partial charge is 0.0656 e. The Morgan fingerprint density at radius 2 is 1.10 bits per heavy atom. The molecule has 0 unspecified atom stereocenters. The molecule has 0 heterocycles. The van der Waals surface area contributed by atoms with Gasteiger partial charge in [-0.2, -0.15) is 0 Å². The van der Waals surface area contributed by atoms with Crippen molar-refractivity contribution in [1.29, 1.82) is 0 Å². The summed E-state index contributed by atoms with van der Waals surface area (Å²) in [4.78, 5) is 0. The van der Waals surface area contributed by atoms with Crippen LogP contribution in [0.2, 0.25) is 19.6 Å². The lowest BCUT2D eigenvalue weighted by Crippen LogP contribution is -2.37. The van der Waals surface area contributed by atoms with Crippen LogP contribution >= 0.6 is 0 Å². The lowest BCUT2D eigenvalue weighted by Gasteiger charge is -2.17. The highest BCUT2D eigenvalue weighted by molar-refractivity contribution is 6.88. The molecule has 0 nitrogen and oxygen atoms in total. The molecular weight excluding hydrogens is 256 g/mol. The maximum Gasteiger partial charge on any atom is 0.0775 e. The first-order valence-corrected chi connectivity index (χ1v) is 10.7. The van der Waals surface area contributed by atoms with E-state index in [4.69, 9.17) is 0 Å². The molecule has 0 N–H and O–H groups in total. The third-order valence-corrected chi connectivity index (χ3v) is 6.02. The number of hydrogen-bond donors (Lipinski definition) is 0. The second-order valence-electron chi connectivity index (χ2n) is 6.44. The molecule has 0 fully saturated rings. The summed E-state index contributed by atoms with van der Waals surface area (Å²) in [6, 6.07) is 19.8. The van der Waals surface area contributed by atoms with Crippen LogP contribution in [-0.4, -0.2) is 8.07 Å². The van der Waals surface area contributed by atoms with Gasteiger partial charge in [-0.05, 0) is 36.1 Å². The SMILES string of the molecule is C/C(=C(\C)c1ccc([Si](C)(C)C)cc1)c1ccccc1. The number of benzene rings is 2. The van der Waals surface area contributed by atoms with E-state index in [9.17, 15) is 0 Å². The Morgan fingerprint density at radius 3 is 1.55 bits per heavy atom. The zero-order chi connectivity index (χ0) is 14.8. The van der Waals surface area contributed by atoms with Crippen molar-refractivity contribution < 1.29 is 0 Å². The summed E-state index contributed by atoms with van der Waals surface area (Å²) in [6.45, 7) is 11.6. The summed E-state index contributed by atoms with van der Waals surface area (Å²) in [5, 5.41) is 1.52. The highest BCUT2D eigenvalue weighted by atomic mass is 28.3. The zero-order valence-corrected chi connectivity index (χ0v) is 14.2. The van der Waals surface area contributed by atoms with E-state index in [1.165, 1.54) is 27.5 Å². The van der Waals surface area contributed by atoms with Crippen LogP contribution in [0.5, 0.6) is 0 Å². The highest BCUT2D eigenvalue weighted by Crippen LogP contribution is 2.25. The first kappa shape index (κ1) is 14.8. The van der Waals surface area contributed by atoms with Crippen LogP contribution in [0.25, 0.3) is 11.1 Å². The van der Waals surface area contributed by atoms with Gasteiger partial charge in [0.1, 0.15) is 0 Å². The molecule has 1 heteroatoms. The molecule has 0 spiro atoms. The minimum Gasteiger partial charge on any atom is -0.0656 e. The van der Waals surface area contributed by atoms with Gasteiger partial charge in [0.2, 0.25) is 0 Å². The Balaban J connectivity index is 2.36. The molecule has 0 aliphatic heterocycles. The minimum atomic E-state index is -1.20. The molecule has 0 radical (unpaired) electrons. The van der Waals surface area contributed by atoms with Crippen molar-refractivity contribution in [2.45, 2.75) is 33.5 Å². The lowest BCUT2D eigenvalue weighted by atomic mass is 9.97. The molecule has 0 amide bonds. The summed E-state index contributed by atoms with van der Waals surface area (Å²) in [7, 11) is -1.20. The van der Waals surface area contributed by atoms with Crippen molar-refractivity contribution in [3.63, 3.8) is 0 Å². The fourth-order valence-corrected chi connectivity index (χ4v) is 3.51. The van der Waals surface area contributed by atoms with Gasteiger partial charge in [0, 0.05) is 0 Å². The molecule has 2 aromatic rings. The van der Waals surface area contributed by atoms with E-state index in [1.807, 2.05) is 0 Å². The monoisotopic (exact) mass is 280 g/mol. The Kier molecular flexibility index (Phi) is 4.29. The topological polar surface area (TPSA) is 0 Å². The molecule has 0 aliphatic rings. The molecule has 20 heavy (non-hydrogen) atoms. The van der Waals surface area contributed by atoms with Crippen LogP contribution in [0.1, 0.15) is 25.0 Å². The summed E-state index contributed by atoms with van der Waals surface area (Å²) < 4.78 is 0. The van der Waals surface area contributed by atoms with Crippen LogP contribution in [0.15, 0.2) is 54.6 Å². The van der Waals surface area contributed by atoms with Crippen LogP contribution in [-0.2, 0) is 0 Å². The average Bonchev–Trinajstić information content (AvgIpc) is 2.46. The van der Waals surface area contributed by atoms with E-state index < -0.39 is 8.07 Å². The lowest BCUT2D eigenvalue weighted by molar-refractivity contribution is 1.51. The Hall–Kier alpha value is -1.60. The fourth-order valence-electron chi connectivity index (χ4n) is 2.34. The average molecular weight is 280 g/mol. The first-order chi connectivity index (χ1) is 9.39. The molecule has 0 saturated carbocycles. The standard InChI is InChI=1S/C19H24Si/c1-15(17-9-7-6-8-10-17)16(2)18-11-13-19(14-12-18)20(3,4)5/h6-14H,1-5H3/b16-15-. The van der Waals surface area contributed by atoms with Crippen molar-refractivity contribution in [2.24, 2.45) is 0 Å². The third kappa shape index (κ3) is 3.29. The highest BCUT2D eigenvalue weighted by Gasteiger charge is 2.15. The van der Waals surface area contributed by atoms with E-state index in [2.05, 4.69) is 88.1 Å².